The largest absolute Gasteiger partial charge is 0.473 e. The number of ether oxygens (including phenoxy) is 1. The molecule has 0 saturated heterocycles. The van der Waals surface area contributed by atoms with E-state index in [1.807, 2.05) is 6.07 Å². The Bertz CT molecular complexity index is 1040. The summed E-state index contributed by atoms with van der Waals surface area (Å²) in [4.78, 5) is 27.9. The number of allylic oxidation sites excluding steroid dienone is 4. The van der Waals surface area contributed by atoms with Crippen molar-refractivity contribution < 1.29 is 9.53 Å². The molecule has 136 valence electrons. The summed E-state index contributed by atoms with van der Waals surface area (Å²) in [7, 11) is 0. The van der Waals surface area contributed by atoms with Crippen LogP contribution in [0.2, 0.25) is 5.15 Å². The number of aromatic amines is 1. The molecule has 0 aromatic carbocycles. The second-order valence-electron chi connectivity index (χ2n) is 5.27. The van der Waals surface area contributed by atoms with Gasteiger partial charge >= 0.3 is 0 Å². The van der Waals surface area contributed by atoms with Gasteiger partial charge in [0.25, 0.3) is 0 Å². The highest BCUT2D eigenvalue weighted by atomic mass is 35.5. The van der Waals surface area contributed by atoms with Crippen molar-refractivity contribution in [2.24, 2.45) is 0 Å². The van der Waals surface area contributed by atoms with Crippen LogP contribution in [0.4, 0.5) is 0 Å². The summed E-state index contributed by atoms with van der Waals surface area (Å²) in [5.41, 5.74) is 1.04. The molecule has 3 heterocycles. The standard InChI is InChI=1S/C19H14Cl2N4O2/c1-2-5-12(14(20)7-9-27-15-6-3-4-8-22-15)17(26)13-10-23-19-16(13)18(21)24-11-25-19/h2-8,10-11H,1,9H2,(H,23,24,25)/b12-5+,14-7+. The van der Waals surface area contributed by atoms with Gasteiger partial charge in [0.1, 0.15) is 23.7 Å². The minimum Gasteiger partial charge on any atom is -0.473 e. The predicted molar refractivity (Wildman–Crippen MR) is 105 cm³/mol. The lowest BCUT2D eigenvalue weighted by Crippen LogP contribution is -2.05. The number of aromatic nitrogens is 4. The molecule has 8 heteroatoms. The highest BCUT2D eigenvalue weighted by Gasteiger charge is 2.21. The lowest BCUT2D eigenvalue weighted by atomic mass is 10.0. The van der Waals surface area contributed by atoms with Crippen LogP contribution in [-0.4, -0.2) is 32.3 Å². The van der Waals surface area contributed by atoms with E-state index in [1.165, 1.54) is 24.7 Å². The van der Waals surface area contributed by atoms with Gasteiger partial charge in [-0.25, -0.2) is 15.0 Å². The van der Waals surface area contributed by atoms with E-state index in [4.69, 9.17) is 27.9 Å². The van der Waals surface area contributed by atoms with Crippen LogP contribution in [0.1, 0.15) is 10.4 Å². The molecule has 0 aliphatic heterocycles. The Kier molecular flexibility index (Phi) is 6.01. The van der Waals surface area contributed by atoms with Crippen molar-refractivity contribution in [2.45, 2.75) is 0 Å². The third-order valence-corrected chi connectivity index (χ3v) is 4.23. The maximum Gasteiger partial charge on any atom is 0.213 e. The molecule has 3 aromatic rings. The Morgan fingerprint density at radius 1 is 1.30 bits per heavy atom. The molecule has 0 bridgehead atoms. The summed E-state index contributed by atoms with van der Waals surface area (Å²) in [5.74, 6) is 0.122. The average molecular weight is 401 g/mol. The fourth-order valence-corrected chi connectivity index (χ4v) is 2.82. The van der Waals surface area contributed by atoms with Crippen LogP contribution in [0, 0.1) is 0 Å². The molecule has 6 nitrogen and oxygen atoms in total. The van der Waals surface area contributed by atoms with Crippen LogP contribution >= 0.6 is 23.2 Å². The van der Waals surface area contributed by atoms with Crippen molar-refractivity contribution in [1.29, 1.82) is 0 Å². The Hall–Kier alpha value is -2.96. The first-order chi connectivity index (χ1) is 13.1. The first-order valence-electron chi connectivity index (χ1n) is 7.86. The number of rotatable bonds is 7. The molecule has 0 unspecified atom stereocenters. The Morgan fingerprint density at radius 2 is 2.15 bits per heavy atom. The van der Waals surface area contributed by atoms with Crippen LogP contribution in [-0.2, 0) is 0 Å². The zero-order chi connectivity index (χ0) is 19.2. The highest BCUT2D eigenvalue weighted by Crippen LogP contribution is 2.28. The third-order valence-electron chi connectivity index (χ3n) is 3.59. The van der Waals surface area contributed by atoms with E-state index in [2.05, 4.69) is 26.5 Å². The topological polar surface area (TPSA) is 80.8 Å². The van der Waals surface area contributed by atoms with Gasteiger partial charge in [0.05, 0.1) is 16.0 Å². The lowest BCUT2D eigenvalue weighted by Gasteiger charge is -2.06. The van der Waals surface area contributed by atoms with Crippen molar-refractivity contribution in [2.75, 3.05) is 6.61 Å². The summed E-state index contributed by atoms with van der Waals surface area (Å²) in [6, 6.07) is 5.32. The molecule has 0 spiro atoms. The number of hydrogen-bond donors (Lipinski definition) is 1. The molecule has 27 heavy (non-hydrogen) atoms. The van der Waals surface area contributed by atoms with Gasteiger partial charge in [0, 0.05) is 24.0 Å². The number of pyridine rings is 1. The van der Waals surface area contributed by atoms with E-state index in [1.54, 1.807) is 24.4 Å². The molecule has 3 rings (SSSR count). The Morgan fingerprint density at radius 3 is 2.89 bits per heavy atom. The van der Waals surface area contributed by atoms with Gasteiger partial charge in [0.15, 0.2) is 5.78 Å². The van der Waals surface area contributed by atoms with Crippen molar-refractivity contribution >= 4 is 40.0 Å². The van der Waals surface area contributed by atoms with Crippen molar-refractivity contribution in [3.8, 4) is 5.88 Å². The molecule has 0 radical (unpaired) electrons. The fourth-order valence-electron chi connectivity index (χ4n) is 2.37. The first-order valence-corrected chi connectivity index (χ1v) is 8.62. The molecule has 0 saturated carbocycles. The van der Waals surface area contributed by atoms with E-state index in [-0.39, 0.29) is 28.1 Å². The monoisotopic (exact) mass is 400 g/mol. The number of fused-ring (bicyclic) bond motifs is 1. The molecule has 0 atom stereocenters. The van der Waals surface area contributed by atoms with E-state index >= 15 is 0 Å². The SMILES string of the molecule is C=C/C=C(C(=O)c1c[nH]c2ncnc(Cl)c12)\C(Cl)=C/COc1ccccn1. The van der Waals surface area contributed by atoms with Gasteiger partial charge in [-0.15, -0.1) is 0 Å². The molecular weight excluding hydrogens is 387 g/mol. The van der Waals surface area contributed by atoms with Gasteiger partial charge in [0.2, 0.25) is 5.88 Å². The van der Waals surface area contributed by atoms with Crippen LogP contribution in [0.3, 0.4) is 0 Å². The number of halogens is 2. The third kappa shape index (κ3) is 4.24. The van der Waals surface area contributed by atoms with Gasteiger partial charge < -0.3 is 9.72 Å². The molecule has 0 aliphatic carbocycles. The minimum atomic E-state index is -0.336. The second-order valence-corrected chi connectivity index (χ2v) is 6.03. The van der Waals surface area contributed by atoms with E-state index in [0.717, 1.165) is 0 Å². The molecule has 1 N–H and O–H groups in total. The van der Waals surface area contributed by atoms with E-state index in [0.29, 0.717) is 22.5 Å². The zero-order valence-corrected chi connectivity index (χ0v) is 15.5. The van der Waals surface area contributed by atoms with E-state index in [9.17, 15) is 4.79 Å². The van der Waals surface area contributed by atoms with Crippen LogP contribution < -0.4 is 4.74 Å². The lowest BCUT2D eigenvalue weighted by molar-refractivity contribution is 0.103. The average Bonchev–Trinajstić information content (AvgIpc) is 3.12. The molecule has 0 amide bonds. The predicted octanol–water partition coefficient (Wildman–Crippen LogP) is 4.50. The van der Waals surface area contributed by atoms with Crippen molar-refractivity contribution in [3.63, 3.8) is 0 Å². The van der Waals surface area contributed by atoms with Gasteiger partial charge in [-0.05, 0) is 12.1 Å². The van der Waals surface area contributed by atoms with Crippen LogP contribution in [0.5, 0.6) is 5.88 Å². The fraction of sp³-hybridized carbons (Fsp3) is 0.0526. The zero-order valence-electron chi connectivity index (χ0n) is 14.0. The van der Waals surface area contributed by atoms with Gasteiger partial charge in [-0.1, -0.05) is 48.0 Å². The number of H-pyrrole nitrogens is 1. The molecule has 3 aromatic heterocycles. The summed E-state index contributed by atoms with van der Waals surface area (Å²) in [5, 5.41) is 0.840. The summed E-state index contributed by atoms with van der Waals surface area (Å²) in [6.45, 7) is 3.79. The summed E-state index contributed by atoms with van der Waals surface area (Å²) >= 11 is 12.5. The first kappa shape index (κ1) is 18.8. The molecule has 0 fully saturated rings. The Labute approximate surface area is 165 Å². The van der Waals surface area contributed by atoms with Crippen molar-refractivity contribution in [1.82, 2.24) is 19.9 Å². The normalized spacial score (nSPS) is 12.2. The maximum atomic E-state index is 13.0. The smallest absolute Gasteiger partial charge is 0.213 e. The quantitative estimate of drug-likeness (QED) is 0.273. The van der Waals surface area contributed by atoms with Crippen molar-refractivity contribution in [3.05, 3.63) is 83.0 Å². The molecule has 0 aliphatic rings. The van der Waals surface area contributed by atoms with E-state index < -0.39 is 0 Å². The summed E-state index contributed by atoms with van der Waals surface area (Å²) < 4.78 is 5.48. The molecular formula is C19H14Cl2N4O2. The minimum absolute atomic E-state index is 0.148. The summed E-state index contributed by atoms with van der Waals surface area (Å²) in [6.07, 6.45) is 9.05. The number of nitrogens with one attached hydrogen (secondary N) is 1. The number of Topliss-reactive ketones (excluding diaryl/α,β-unsaturated/α-hetero) is 1. The van der Waals surface area contributed by atoms with Crippen LogP contribution in [0.15, 0.2) is 72.3 Å². The van der Waals surface area contributed by atoms with Gasteiger partial charge in [-0.2, -0.15) is 0 Å². The number of ketones is 1. The second kappa shape index (κ2) is 8.62. The highest BCUT2D eigenvalue weighted by molar-refractivity contribution is 6.39. The number of carbonyl (C=O) groups is 1. The number of hydrogen-bond acceptors (Lipinski definition) is 5. The van der Waals surface area contributed by atoms with Gasteiger partial charge in [-0.3, -0.25) is 4.79 Å². The van der Waals surface area contributed by atoms with Crippen LogP contribution in [0.25, 0.3) is 11.0 Å². The number of carbonyl (C=O) groups excluding carboxylic acids is 1. The maximum absolute atomic E-state index is 13.0. The Balaban J connectivity index is 1.86. The number of nitrogens with zero attached hydrogens (tertiary/aromatic N) is 3.